The summed E-state index contributed by atoms with van der Waals surface area (Å²) in [6, 6.07) is 8.40. The van der Waals surface area contributed by atoms with Gasteiger partial charge < -0.3 is 14.7 Å². The molecule has 3 heteroatoms. The number of nitrogens with zero attached hydrogens (tertiary/aromatic N) is 1. The van der Waals surface area contributed by atoms with Gasteiger partial charge in [0.05, 0.1) is 13.2 Å². The molecule has 1 N–H and O–H groups in total. The maximum atomic E-state index is 9.10. The zero-order chi connectivity index (χ0) is 11.5. The third kappa shape index (κ3) is 2.20. The third-order valence-electron chi connectivity index (χ3n) is 3.32. The molecule has 16 heavy (non-hydrogen) atoms. The van der Waals surface area contributed by atoms with Crippen LogP contribution in [-0.4, -0.2) is 42.9 Å². The van der Waals surface area contributed by atoms with Crippen LogP contribution in [0.15, 0.2) is 24.3 Å². The Bertz CT molecular complexity index is 354. The average molecular weight is 221 g/mol. The molecule has 2 unspecified atom stereocenters. The summed E-state index contributed by atoms with van der Waals surface area (Å²) in [6.45, 7) is 3.91. The Morgan fingerprint density at radius 3 is 3.00 bits per heavy atom. The first-order valence-corrected chi connectivity index (χ1v) is 5.75. The minimum atomic E-state index is 0.200. The largest absolute Gasteiger partial charge is 0.493 e. The van der Waals surface area contributed by atoms with Crippen molar-refractivity contribution in [1.82, 2.24) is 4.90 Å². The van der Waals surface area contributed by atoms with Crippen LogP contribution >= 0.6 is 0 Å². The number of hydrogen-bond donors (Lipinski definition) is 1. The smallest absolute Gasteiger partial charge is 0.122 e. The number of aliphatic hydroxyl groups is 1. The summed E-state index contributed by atoms with van der Waals surface area (Å²) in [4.78, 5) is 2.18. The van der Waals surface area contributed by atoms with E-state index in [4.69, 9.17) is 9.84 Å². The van der Waals surface area contributed by atoms with Crippen molar-refractivity contribution in [1.29, 1.82) is 0 Å². The van der Waals surface area contributed by atoms with E-state index in [-0.39, 0.29) is 12.6 Å². The fraction of sp³-hybridized carbons (Fsp3) is 0.538. The van der Waals surface area contributed by atoms with E-state index in [2.05, 4.69) is 17.0 Å². The average Bonchev–Trinajstić information content (AvgIpc) is 2.72. The van der Waals surface area contributed by atoms with Crippen molar-refractivity contribution in [2.45, 2.75) is 18.9 Å². The Morgan fingerprint density at radius 1 is 1.50 bits per heavy atom. The van der Waals surface area contributed by atoms with Gasteiger partial charge in [0.15, 0.2) is 0 Å². The van der Waals surface area contributed by atoms with Crippen molar-refractivity contribution in [3.8, 4) is 5.75 Å². The van der Waals surface area contributed by atoms with Gasteiger partial charge in [-0.05, 0) is 20.0 Å². The van der Waals surface area contributed by atoms with Crippen LogP contribution in [0, 0.1) is 0 Å². The number of benzene rings is 1. The molecule has 0 bridgehead atoms. The Labute approximate surface area is 96.6 Å². The van der Waals surface area contributed by atoms with E-state index < -0.39 is 0 Å². The van der Waals surface area contributed by atoms with Gasteiger partial charge in [-0.25, -0.2) is 0 Å². The molecule has 0 saturated heterocycles. The molecule has 1 aliphatic heterocycles. The van der Waals surface area contributed by atoms with Gasteiger partial charge in [0.1, 0.15) is 5.75 Å². The lowest BCUT2D eigenvalue weighted by molar-refractivity contribution is 0.148. The monoisotopic (exact) mass is 221 g/mol. The lowest BCUT2D eigenvalue weighted by Gasteiger charge is -2.25. The standard InChI is InChI=1S/C13H19NO2/c1-10(8-15)14(2)7-11-9-16-13-6-4-3-5-12(11)13/h3-6,10-11,15H,7-9H2,1-2H3. The summed E-state index contributed by atoms with van der Waals surface area (Å²) in [5.74, 6) is 1.44. The maximum Gasteiger partial charge on any atom is 0.122 e. The second kappa shape index (κ2) is 4.85. The van der Waals surface area contributed by atoms with Crippen molar-refractivity contribution < 1.29 is 9.84 Å². The van der Waals surface area contributed by atoms with E-state index in [0.717, 1.165) is 18.9 Å². The van der Waals surface area contributed by atoms with Gasteiger partial charge in [-0.15, -0.1) is 0 Å². The van der Waals surface area contributed by atoms with Crippen LogP contribution in [0.5, 0.6) is 5.75 Å². The van der Waals surface area contributed by atoms with Crippen molar-refractivity contribution in [2.24, 2.45) is 0 Å². The highest BCUT2D eigenvalue weighted by atomic mass is 16.5. The summed E-state index contributed by atoms with van der Waals surface area (Å²) < 4.78 is 5.64. The minimum absolute atomic E-state index is 0.200. The molecule has 3 nitrogen and oxygen atoms in total. The van der Waals surface area contributed by atoms with Gasteiger partial charge >= 0.3 is 0 Å². The summed E-state index contributed by atoms with van der Waals surface area (Å²) in [5, 5.41) is 9.10. The normalized spacial score (nSPS) is 20.6. The molecule has 2 atom stereocenters. The third-order valence-corrected chi connectivity index (χ3v) is 3.32. The fourth-order valence-corrected chi connectivity index (χ4v) is 2.05. The molecular formula is C13H19NO2. The van der Waals surface area contributed by atoms with E-state index in [1.54, 1.807) is 0 Å². The van der Waals surface area contributed by atoms with Gasteiger partial charge in [-0.3, -0.25) is 0 Å². The molecule has 1 aromatic carbocycles. The molecular weight excluding hydrogens is 202 g/mol. The summed E-state index contributed by atoms with van der Waals surface area (Å²) in [7, 11) is 2.04. The van der Waals surface area contributed by atoms with Gasteiger partial charge in [0.2, 0.25) is 0 Å². The van der Waals surface area contributed by atoms with Crippen LogP contribution < -0.4 is 4.74 Å². The van der Waals surface area contributed by atoms with Crippen LogP contribution in [0.25, 0.3) is 0 Å². The number of para-hydroxylation sites is 1. The van der Waals surface area contributed by atoms with Gasteiger partial charge in [0, 0.05) is 24.1 Å². The highest BCUT2D eigenvalue weighted by molar-refractivity contribution is 5.39. The molecule has 0 spiro atoms. The van der Waals surface area contributed by atoms with E-state index in [9.17, 15) is 0 Å². The highest BCUT2D eigenvalue weighted by Gasteiger charge is 2.25. The van der Waals surface area contributed by atoms with Crippen LogP contribution in [0.2, 0.25) is 0 Å². The first-order valence-electron chi connectivity index (χ1n) is 5.75. The minimum Gasteiger partial charge on any atom is -0.493 e. The number of aliphatic hydroxyl groups excluding tert-OH is 1. The number of ether oxygens (including phenoxy) is 1. The van der Waals surface area contributed by atoms with Gasteiger partial charge in [-0.2, -0.15) is 0 Å². The molecule has 0 aliphatic carbocycles. The summed E-state index contributed by atoms with van der Waals surface area (Å²) in [5.41, 5.74) is 1.29. The Morgan fingerprint density at radius 2 is 2.25 bits per heavy atom. The molecule has 1 heterocycles. The molecule has 88 valence electrons. The molecule has 0 aromatic heterocycles. The molecule has 0 fully saturated rings. The van der Waals surface area contributed by atoms with Crippen LogP contribution in [0.3, 0.4) is 0 Å². The second-order valence-corrected chi connectivity index (χ2v) is 4.52. The molecule has 1 aromatic rings. The van der Waals surface area contributed by atoms with E-state index in [1.165, 1.54) is 5.56 Å². The summed E-state index contributed by atoms with van der Waals surface area (Å²) in [6.07, 6.45) is 0. The van der Waals surface area contributed by atoms with E-state index in [0.29, 0.717) is 5.92 Å². The van der Waals surface area contributed by atoms with Crippen LogP contribution in [0.4, 0.5) is 0 Å². The fourth-order valence-electron chi connectivity index (χ4n) is 2.05. The lowest BCUT2D eigenvalue weighted by atomic mass is 10.0. The van der Waals surface area contributed by atoms with Crippen LogP contribution in [-0.2, 0) is 0 Å². The predicted molar refractivity (Wildman–Crippen MR) is 63.9 cm³/mol. The zero-order valence-electron chi connectivity index (χ0n) is 9.89. The number of fused-ring (bicyclic) bond motifs is 1. The lowest BCUT2D eigenvalue weighted by Crippen LogP contribution is -2.35. The van der Waals surface area contributed by atoms with Crippen molar-refractivity contribution in [2.75, 3.05) is 26.8 Å². The number of rotatable bonds is 4. The Balaban J connectivity index is 2.03. The van der Waals surface area contributed by atoms with E-state index >= 15 is 0 Å². The van der Waals surface area contributed by atoms with Crippen molar-refractivity contribution >= 4 is 0 Å². The second-order valence-electron chi connectivity index (χ2n) is 4.52. The maximum absolute atomic E-state index is 9.10. The Hall–Kier alpha value is -1.06. The first-order chi connectivity index (χ1) is 7.72. The van der Waals surface area contributed by atoms with Crippen LogP contribution in [0.1, 0.15) is 18.4 Å². The summed E-state index contributed by atoms with van der Waals surface area (Å²) >= 11 is 0. The van der Waals surface area contributed by atoms with Gasteiger partial charge in [0.25, 0.3) is 0 Å². The molecule has 0 saturated carbocycles. The molecule has 2 rings (SSSR count). The molecule has 1 aliphatic rings. The SMILES string of the molecule is CC(CO)N(C)CC1COc2ccccc21. The highest BCUT2D eigenvalue weighted by Crippen LogP contribution is 2.33. The molecule has 0 amide bonds. The number of likely N-dealkylation sites (N-methyl/N-ethyl adjacent to an activating group) is 1. The van der Waals surface area contributed by atoms with E-state index in [1.807, 2.05) is 26.1 Å². The quantitative estimate of drug-likeness (QED) is 0.836. The van der Waals surface area contributed by atoms with Crippen molar-refractivity contribution in [3.05, 3.63) is 29.8 Å². The zero-order valence-corrected chi connectivity index (χ0v) is 9.89. The molecule has 0 radical (unpaired) electrons. The van der Waals surface area contributed by atoms with Gasteiger partial charge in [-0.1, -0.05) is 18.2 Å². The van der Waals surface area contributed by atoms with Crippen molar-refractivity contribution in [3.63, 3.8) is 0 Å². The Kier molecular flexibility index (Phi) is 3.46. The number of hydrogen-bond acceptors (Lipinski definition) is 3. The topological polar surface area (TPSA) is 32.7 Å². The first kappa shape index (κ1) is 11.4. The predicted octanol–water partition coefficient (Wildman–Crippen LogP) is 1.48.